The number of hydrogen-bond donors (Lipinski definition) is 1. The number of carbonyl (C=O) groups is 1. The third-order valence-corrected chi connectivity index (χ3v) is 3.80. The number of alkyl halides is 1. The fourth-order valence-corrected chi connectivity index (χ4v) is 2.55. The van der Waals surface area contributed by atoms with Gasteiger partial charge in [0.1, 0.15) is 5.82 Å². The average Bonchev–Trinajstić information content (AvgIpc) is 2.38. The first-order chi connectivity index (χ1) is 9.49. The quantitative estimate of drug-likeness (QED) is 0.696. The van der Waals surface area contributed by atoms with Crippen molar-refractivity contribution in [3.05, 3.63) is 63.9 Å². The first kappa shape index (κ1) is 15.2. The van der Waals surface area contributed by atoms with Crippen LogP contribution in [0.2, 0.25) is 0 Å². The molecule has 2 rings (SSSR count). The van der Waals surface area contributed by atoms with E-state index in [1.54, 1.807) is 12.1 Å². The van der Waals surface area contributed by atoms with Crippen LogP contribution in [0.1, 0.15) is 27.7 Å². The zero-order chi connectivity index (χ0) is 14.7. The van der Waals surface area contributed by atoms with Crippen LogP contribution in [0.15, 0.2) is 46.9 Å². The second kappa shape index (κ2) is 6.50. The molecule has 5 heteroatoms. The number of hydrogen-bond acceptors (Lipinski definition) is 1. The summed E-state index contributed by atoms with van der Waals surface area (Å²) in [5.74, 6) is -1.02. The number of amides is 1. The highest BCUT2D eigenvalue weighted by Crippen LogP contribution is 2.29. The Morgan fingerprint density at radius 2 is 1.95 bits per heavy atom. The van der Waals surface area contributed by atoms with Gasteiger partial charge < -0.3 is 5.32 Å². The third kappa shape index (κ3) is 3.46. The van der Waals surface area contributed by atoms with Crippen molar-refractivity contribution in [3.8, 4) is 0 Å². The Bertz CT molecular complexity index is 644. The molecule has 0 heterocycles. The average molecular weight is 401 g/mol. The van der Waals surface area contributed by atoms with Crippen LogP contribution in [-0.2, 0) is 0 Å². The molecule has 1 amide bonds. The van der Waals surface area contributed by atoms with E-state index in [0.717, 1.165) is 5.56 Å². The minimum atomic E-state index is -0.554. The maximum absolute atomic E-state index is 13.8. The molecular weight excluding hydrogens is 389 g/mol. The van der Waals surface area contributed by atoms with Crippen LogP contribution >= 0.6 is 31.9 Å². The van der Waals surface area contributed by atoms with E-state index in [2.05, 4.69) is 37.2 Å². The Kier molecular flexibility index (Phi) is 4.94. The Morgan fingerprint density at radius 1 is 1.25 bits per heavy atom. The lowest BCUT2D eigenvalue weighted by Crippen LogP contribution is -2.15. The fourth-order valence-electron chi connectivity index (χ4n) is 1.82. The Hall–Kier alpha value is -1.20. The summed E-state index contributed by atoms with van der Waals surface area (Å²) in [4.78, 5) is 12.2. The molecule has 0 aliphatic rings. The molecule has 104 valence electrons. The van der Waals surface area contributed by atoms with Crippen molar-refractivity contribution < 1.29 is 9.18 Å². The first-order valence-corrected chi connectivity index (χ1v) is 7.69. The van der Waals surface area contributed by atoms with Gasteiger partial charge in [0.25, 0.3) is 5.91 Å². The smallest absolute Gasteiger partial charge is 0.258 e. The number of rotatable bonds is 3. The molecule has 1 N–H and O–H groups in total. The lowest BCUT2D eigenvalue weighted by molar-refractivity contribution is 0.102. The summed E-state index contributed by atoms with van der Waals surface area (Å²) in [5.41, 5.74) is 1.63. The van der Waals surface area contributed by atoms with Crippen molar-refractivity contribution in [1.29, 1.82) is 0 Å². The molecule has 0 aromatic heterocycles. The summed E-state index contributed by atoms with van der Waals surface area (Å²) in [6.45, 7) is 1.96. The number of halogens is 3. The van der Waals surface area contributed by atoms with Crippen LogP contribution in [0.3, 0.4) is 0 Å². The summed E-state index contributed by atoms with van der Waals surface area (Å²) in [6, 6.07) is 11.8. The van der Waals surface area contributed by atoms with Crippen molar-refractivity contribution in [1.82, 2.24) is 0 Å². The summed E-state index contributed by atoms with van der Waals surface area (Å²) >= 11 is 6.64. The summed E-state index contributed by atoms with van der Waals surface area (Å²) in [7, 11) is 0. The highest BCUT2D eigenvalue weighted by atomic mass is 79.9. The van der Waals surface area contributed by atoms with Gasteiger partial charge in [-0.2, -0.15) is 0 Å². The highest BCUT2D eigenvalue weighted by Gasteiger charge is 2.14. The summed E-state index contributed by atoms with van der Waals surface area (Å²) < 4.78 is 14.4. The SMILES string of the molecule is CC(Br)c1ccccc1NC(=O)c1ccc(Br)cc1F. The first-order valence-electron chi connectivity index (χ1n) is 5.98. The van der Waals surface area contributed by atoms with Crippen LogP contribution in [0, 0.1) is 5.82 Å². The van der Waals surface area contributed by atoms with Gasteiger partial charge in [0, 0.05) is 15.0 Å². The predicted molar refractivity (Wildman–Crippen MR) is 85.8 cm³/mol. The van der Waals surface area contributed by atoms with Gasteiger partial charge in [-0.15, -0.1) is 0 Å². The lowest BCUT2D eigenvalue weighted by atomic mass is 10.1. The Balaban J connectivity index is 2.28. The number of para-hydroxylation sites is 1. The molecule has 20 heavy (non-hydrogen) atoms. The van der Waals surface area contributed by atoms with E-state index in [0.29, 0.717) is 10.2 Å². The van der Waals surface area contributed by atoms with E-state index < -0.39 is 11.7 Å². The van der Waals surface area contributed by atoms with Gasteiger partial charge in [0.15, 0.2) is 0 Å². The molecule has 0 saturated carbocycles. The molecule has 1 atom stereocenters. The second-order valence-electron chi connectivity index (χ2n) is 4.28. The van der Waals surface area contributed by atoms with Crippen LogP contribution in [-0.4, -0.2) is 5.91 Å². The minimum Gasteiger partial charge on any atom is -0.322 e. The molecule has 0 saturated heterocycles. The number of anilines is 1. The molecule has 2 nitrogen and oxygen atoms in total. The van der Waals surface area contributed by atoms with Gasteiger partial charge in [0.05, 0.1) is 5.56 Å². The molecule has 2 aromatic carbocycles. The standard InChI is InChI=1S/C15H12Br2FNO/c1-9(16)11-4-2-3-5-14(11)19-15(20)12-7-6-10(17)8-13(12)18/h2-9H,1H3,(H,19,20). The fraction of sp³-hybridized carbons (Fsp3) is 0.133. The highest BCUT2D eigenvalue weighted by molar-refractivity contribution is 9.10. The van der Waals surface area contributed by atoms with Crippen molar-refractivity contribution in [3.63, 3.8) is 0 Å². The molecular formula is C15H12Br2FNO. The molecule has 0 aliphatic carbocycles. The number of benzene rings is 2. The van der Waals surface area contributed by atoms with Crippen LogP contribution in [0.25, 0.3) is 0 Å². The van der Waals surface area contributed by atoms with Gasteiger partial charge in [-0.25, -0.2) is 4.39 Å². The summed E-state index contributed by atoms with van der Waals surface area (Å²) in [6.07, 6.45) is 0. The second-order valence-corrected chi connectivity index (χ2v) is 6.57. The minimum absolute atomic E-state index is 0.0187. The Labute approximate surface area is 133 Å². The molecule has 0 aliphatic heterocycles. The zero-order valence-electron chi connectivity index (χ0n) is 10.7. The van der Waals surface area contributed by atoms with E-state index >= 15 is 0 Å². The largest absolute Gasteiger partial charge is 0.322 e. The predicted octanol–water partition coefficient (Wildman–Crippen LogP) is 5.30. The van der Waals surface area contributed by atoms with E-state index in [1.165, 1.54) is 12.1 Å². The zero-order valence-corrected chi connectivity index (χ0v) is 13.8. The van der Waals surface area contributed by atoms with Crippen molar-refractivity contribution in [2.75, 3.05) is 5.32 Å². The molecule has 0 radical (unpaired) electrons. The normalized spacial score (nSPS) is 12.0. The van der Waals surface area contributed by atoms with Crippen molar-refractivity contribution in [2.24, 2.45) is 0 Å². The number of carbonyl (C=O) groups excluding carboxylic acids is 1. The van der Waals surface area contributed by atoms with Crippen molar-refractivity contribution in [2.45, 2.75) is 11.8 Å². The van der Waals surface area contributed by atoms with Crippen molar-refractivity contribution >= 4 is 43.5 Å². The summed E-state index contributed by atoms with van der Waals surface area (Å²) in [5, 5.41) is 2.74. The monoisotopic (exact) mass is 399 g/mol. The number of nitrogens with one attached hydrogen (secondary N) is 1. The molecule has 2 aromatic rings. The van der Waals surface area contributed by atoms with Gasteiger partial charge in [-0.1, -0.05) is 50.1 Å². The maximum Gasteiger partial charge on any atom is 0.258 e. The van der Waals surface area contributed by atoms with E-state index in [9.17, 15) is 9.18 Å². The molecule has 1 unspecified atom stereocenters. The van der Waals surface area contributed by atoms with E-state index in [1.807, 2.05) is 25.1 Å². The molecule has 0 bridgehead atoms. The van der Waals surface area contributed by atoms with Crippen LogP contribution in [0.4, 0.5) is 10.1 Å². The third-order valence-electron chi connectivity index (χ3n) is 2.81. The lowest BCUT2D eigenvalue weighted by Gasteiger charge is -2.13. The van der Waals surface area contributed by atoms with Crippen LogP contribution in [0.5, 0.6) is 0 Å². The molecule has 0 fully saturated rings. The van der Waals surface area contributed by atoms with Gasteiger partial charge in [-0.3, -0.25) is 4.79 Å². The van der Waals surface area contributed by atoms with E-state index in [-0.39, 0.29) is 10.4 Å². The molecule has 0 spiro atoms. The van der Waals surface area contributed by atoms with Crippen LogP contribution < -0.4 is 5.32 Å². The van der Waals surface area contributed by atoms with Gasteiger partial charge >= 0.3 is 0 Å². The van der Waals surface area contributed by atoms with Gasteiger partial charge in [0.2, 0.25) is 0 Å². The topological polar surface area (TPSA) is 29.1 Å². The Morgan fingerprint density at radius 3 is 2.60 bits per heavy atom. The van der Waals surface area contributed by atoms with Gasteiger partial charge in [-0.05, 0) is 36.8 Å². The maximum atomic E-state index is 13.8. The van der Waals surface area contributed by atoms with E-state index in [4.69, 9.17) is 0 Å².